The van der Waals surface area contributed by atoms with Gasteiger partial charge in [-0.05, 0) is 36.4 Å². The van der Waals surface area contributed by atoms with E-state index in [1.165, 1.54) is 24.7 Å². The molecule has 0 aliphatic heterocycles. The van der Waals surface area contributed by atoms with E-state index in [4.69, 9.17) is 9.15 Å². The Labute approximate surface area is 193 Å². The number of nitrogens with zero attached hydrogens (tertiary/aromatic N) is 3. The fourth-order valence-corrected chi connectivity index (χ4v) is 3.35. The SMILES string of the molecule is O=C(Nc1cccc(Oc2cnccn2)c1)c1ccccc1-c1ncc(-c2ccccc2F)o1. The molecule has 7 nitrogen and oxygen atoms in total. The fraction of sp³-hybridized carbons (Fsp3) is 0. The highest BCUT2D eigenvalue weighted by Crippen LogP contribution is 2.30. The fourth-order valence-electron chi connectivity index (χ4n) is 3.35. The Morgan fingerprint density at radius 2 is 1.71 bits per heavy atom. The van der Waals surface area contributed by atoms with Crippen LogP contribution < -0.4 is 10.1 Å². The molecule has 0 bridgehead atoms. The van der Waals surface area contributed by atoms with Gasteiger partial charge in [0, 0.05) is 29.7 Å². The minimum atomic E-state index is -0.417. The highest BCUT2D eigenvalue weighted by atomic mass is 19.1. The number of carbonyl (C=O) groups is 1. The lowest BCUT2D eigenvalue weighted by atomic mass is 10.1. The third-order valence-electron chi connectivity index (χ3n) is 4.90. The smallest absolute Gasteiger partial charge is 0.256 e. The lowest BCUT2D eigenvalue weighted by Crippen LogP contribution is -2.13. The Morgan fingerprint density at radius 3 is 2.53 bits per heavy atom. The summed E-state index contributed by atoms with van der Waals surface area (Å²) in [5.74, 6) is 0.540. The standard InChI is InChI=1S/C26H17FN4O3/c27-22-11-4-3-10-21(22)23-15-30-26(34-23)20-9-2-1-8-19(20)25(32)31-17-6-5-7-18(14-17)33-24-16-28-12-13-29-24/h1-16H,(H,31,32). The van der Waals surface area contributed by atoms with Gasteiger partial charge in [-0.15, -0.1) is 0 Å². The number of carbonyl (C=O) groups excluding carboxylic acids is 1. The molecule has 2 aromatic heterocycles. The van der Waals surface area contributed by atoms with E-state index in [1.54, 1.807) is 72.9 Å². The van der Waals surface area contributed by atoms with Crippen LogP contribution in [0.2, 0.25) is 0 Å². The summed E-state index contributed by atoms with van der Waals surface area (Å²) in [6.07, 6.45) is 6.01. The van der Waals surface area contributed by atoms with Gasteiger partial charge in [-0.2, -0.15) is 0 Å². The van der Waals surface area contributed by atoms with E-state index in [-0.39, 0.29) is 17.6 Å². The van der Waals surface area contributed by atoms with Gasteiger partial charge in [0.15, 0.2) is 5.76 Å². The van der Waals surface area contributed by atoms with Gasteiger partial charge in [0.05, 0.1) is 23.5 Å². The molecule has 0 spiro atoms. The number of amides is 1. The van der Waals surface area contributed by atoms with Crippen LogP contribution in [0.1, 0.15) is 10.4 Å². The van der Waals surface area contributed by atoms with Crippen molar-refractivity contribution in [3.8, 4) is 34.4 Å². The summed E-state index contributed by atoms with van der Waals surface area (Å²) in [7, 11) is 0. The van der Waals surface area contributed by atoms with Crippen molar-refractivity contribution in [1.29, 1.82) is 0 Å². The molecule has 34 heavy (non-hydrogen) atoms. The third kappa shape index (κ3) is 4.51. The predicted octanol–water partition coefficient (Wildman–Crippen LogP) is 5.98. The number of halogens is 1. The van der Waals surface area contributed by atoms with E-state index >= 15 is 0 Å². The van der Waals surface area contributed by atoms with E-state index in [2.05, 4.69) is 20.3 Å². The van der Waals surface area contributed by atoms with Gasteiger partial charge in [0.25, 0.3) is 5.91 Å². The predicted molar refractivity (Wildman–Crippen MR) is 124 cm³/mol. The molecular formula is C26H17FN4O3. The van der Waals surface area contributed by atoms with Crippen molar-refractivity contribution in [1.82, 2.24) is 15.0 Å². The van der Waals surface area contributed by atoms with Crippen LogP contribution in [-0.2, 0) is 0 Å². The second-order valence-corrected chi connectivity index (χ2v) is 7.18. The molecule has 0 aliphatic carbocycles. The van der Waals surface area contributed by atoms with E-state index < -0.39 is 5.82 Å². The van der Waals surface area contributed by atoms with Crippen molar-refractivity contribution >= 4 is 11.6 Å². The largest absolute Gasteiger partial charge is 0.437 e. The lowest BCUT2D eigenvalue weighted by molar-refractivity contribution is 0.102. The molecule has 3 aromatic carbocycles. The summed E-state index contributed by atoms with van der Waals surface area (Å²) in [6.45, 7) is 0. The number of anilines is 1. The van der Waals surface area contributed by atoms with Crippen LogP contribution in [0.25, 0.3) is 22.8 Å². The first-order valence-electron chi connectivity index (χ1n) is 10.3. The summed E-state index contributed by atoms with van der Waals surface area (Å²) in [5.41, 5.74) is 1.66. The summed E-state index contributed by atoms with van der Waals surface area (Å²) in [4.78, 5) is 25.4. The topological polar surface area (TPSA) is 90.1 Å². The third-order valence-corrected chi connectivity index (χ3v) is 4.90. The Balaban J connectivity index is 1.39. The molecule has 5 aromatic rings. The molecule has 0 saturated carbocycles. The molecule has 0 unspecified atom stereocenters. The second kappa shape index (κ2) is 9.33. The van der Waals surface area contributed by atoms with Crippen molar-refractivity contribution in [2.24, 2.45) is 0 Å². The van der Waals surface area contributed by atoms with Crippen LogP contribution in [0.15, 0.2) is 102 Å². The van der Waals surface area contributed by atoms with Crippen molar-refractivity contribution in [2.75, 3.05) is 5.32 Å². The zero-order valence-electron chi connectivity index (χ0n) is 17.7. The first-order chi connectivity index (χ1) is 16.7. The number of ether oxygens (including phenoxy) is 1. The quantitative estimate of drug-likeness (QED) is 0.341. The second-order valence-electron chi connectivity index (χ2n) is 7.18. The number of aromatic nitrogens is 3. The zero-order valence-corrected chi connectivity index (χ0v) is 17.7. The summed E-state index contributed by atoms with van der Waals surface area (Å²) in [6, 6.07) is 20.1. The lowest BCUT2D eigenvalue weighted by Gasteiger charge is -2.10. The minimum Gasteiger partial charge on any atom is -0.437 e. The number of oxazole rings is 1. The highest BCUT2D eigenvalue weighted by molar-refractivity contribution is 6.08. The van der Waals surface area contributed by atoms with Gasteiger partial charge in [0.2, 0.25) is 11.8 Å². The van der Waals surface area contributed by atoms with E-state index in [0.29, 0.717) is 34.0 Å². The normalized spacial score (nSPS) is 10.6. The van der Waals surface area contributed by atoms with Gasteiger partial charge in [-0.3, -0.25) is 9.78 Å². The van der Waals surface area contributed by atoms with Gasteiger partial charge in [-0.25, -0.2) is 14.4 Å². The van der Waals surface area contributed by atoms with Crippen LogP contribution in [0.3, 0.4) is 0 Å². The first kappa shape index (κ1) is 21.0. The van der Waals surface area contributed by atoms with Gasteiger partial charge < -0.3 is 14.5 Å². The average molecular weight is 452 g/mol. The van der Waals surface area contributed by atoms with Crippen molar-refractivity contribution in [3.63, 3.8) is 0 Å². The Bertz CT molecular complexity index is 1450. The maximum absolute atomic E-state index is 14.1. The van der Waals surface area contributed by atoms with Crippen LogP contribution in [0, 0.1) is 5.82 Å². The number of nitrogens with one attached hydrogen (secondary N) is 1. The van der Waals surface area contributed by atoms with Gasteiger partial charge in [-0.1, -0.05) is 30.3 Å². The molecule has 0 aliphatic rings. The number of hydrogen-bond acceptors (Lipinski definition) is 6. The Morgan fingerprint density at radius 1 is 0.882 bits per heavy atom. The summed E-state index contributed by atoms with van der Waals surface area (Å²) < 4.78 is 25.6. The molecule has 166 valence electrons. The number of rotatable bonds is 6. The highest BCUT2D eigenvalue weighted by Gasteiger charge is 2.18. The average Bonchev–Trinajstić information content (AvgIpc) is 3.35. The van der Waals surface area contributed by atoms with E-state index in [0.717, 1.165) is 0 Å². The van der Waals surface area contributed by atoms with Crippen molar-refractivity contribution in [2.45, 2.75) is 0 Å². The maximum Gasteiger partial charge on any atom is 0.256 e. The van der Waals surface area contributed by atoms with Gasteiger partial charge in [0.1, 0.15) is 11.6 Å². The molecule has 5 rings (SSSR count). The zero-order chi connectivity index (χ0) is 23.3. The molecule has 0 atom stereocenters. The van der Waals surface area contributed by atoms with Crippen LogP contribution in [-0.4, -0.2) is 20.9 Å². The molecule has 1 N–H and O–H groups in total. The molecule has 2 heterocycles. The number of hydrogen-bond donors (Lipinski definition) is 1. The van der Waals surface area contributed by atoms with Crippen molar-refractivity contribution in [3.05, 3.63) is 109 Å². The Hall–Kier alpha value is -4.85. The molecular weight excluding hydrogens is 435 g/mol. The first-order valence-corrected chi connectivity index (χ1v) is 10.3. The maximum atomic E-state index is 14.1. The summed E-state index contributed by atoms with van der Waals surface area (Å²) in [5, 5.41) is 2.86. The van der Waals surface area contributed by atoms with Crippen LogP contribution in [0.4, 0.5) is 10.1 Å². The molecule has 1 amide bonds. The van der Waals surface area contributed by atoms with E-state index in [1.807, 2.05) is 0 Å². The van der Waals surface area contributed by atoms with Crippen molar-refractivity contribution < 1.29 is 18.3 Å². The molecule has 0 saturated heterocycles. The summed E-state index contributed by atoms with van der Waals surface area (Å²) >= 11 is 0. The van der Waals surface area contributed by atoms with Gasteiger partial charge >= 0.3 is 0 Å². The molecule has 0 fully saturated rings. The minimum absolute atomic E-state index is 0.212. The molecule has 8 heteroatoms. The van der Waals surface area contributed by atoms with Crippen LogP contribution in [0.5, 0.6) is 11.6 Å². The van der Waals surface area contributed by atoms with Crippen LogP contribution >= 0.6 is 0 Å². The van der Waals surface area contributed by atoms with E-state index in [9.17, 15) is 9.18 Å². The monoisotopic (exact) mass is 452 g/mol. The number of benzene rings is 3. The Kier molecular flexibility index (Phi) is 5.77. The molecule has 0 radical (unpaired) electrons.